The minimum atomic E-state index is -0.768. The fraction of sp³-hybridized carbons (Fsp3) is 0.467. The second-order valence-electron chi connectivity index (χ2n) is 5.06. The van der Waals surface area contributed by atoms with Crippen LogP contribution in [0.4, 0.5) is 0 Å². The van der Waals surface area contributed by atoms with E-state index in [2.05, 4.69) is 21.2 Å². The van der Waals surface area contributed by atoms with Crippen molar-refractivity contribution >= 4 is 27.8 Å². The van der Waals surface area contributed by atoms with Crippen molar-refractivity contribution in [2.24, 2.45) is 5.92 Å². The zero-order chi connectivity index (χ0) is 15.1. The van der Waals surface area contributed by atoms with Gasteiger partial charge in [0.1, 0.15) is 0 Å². The Balaban J connectivity index is 2.37. The van der Waals surface area contributed by atoms with Gasteiger partial charge in [-0.1, -0.05) is 35.3 Å². The van der Waals surface area contributed by atoms with E-state index in [-0.39, 0.29) is 17.9 Å². The maximum Gasteiger partial charge on any atom is 0.306 e. The van der Waals surface area contributed by atoms with Crippen LogP contribution in [0.3, 0.4) is 0 Å². The van der Waals surface area contributed by atoms with E-state index >= 15 is 0 Å². The Hall–Kier alpha value is -1.36. The van der Waals surface area contributed by atoms with Crippen molar-refractivity contribution < 1.29 is 14.7 Å². The fourth-order valence-corrected chi connectivity index (χ4v) is 2.26. The van der Waals surface area contributed by atoms with Gasteiger partial charge in [-0.15, -0.1) is 0 Å². The van der Waals surface area contributed by atoms with Crippen molar-refractivity contribution in [2.45, 2.75) is 39.2 Å². The first kappa shape index (κ1) is 16.7. The Bertz CT molecular complexity index is 476. The third kappa shape index (κ3) is 5.74. The highest BCUT2D eigenvalue weighted by atomic mass is 79.9. The normalized spacial score (nSPS) is 13.6. The first-order chi connectivity index (χ1) is 9.40. The number of halogens is 1. The summed E-state index contributed by atoms with van der Waals surface area (Å²) < 4.78 is 0.869. The van der Waals surface area contributed by atoms with Crippen molar-refractivity contribution in [1.29, 1.82) is 0 Å². The summed E-state index contributed by atoms with van der Waals surface area (Å²) in [5.74, 6) is -1.20. The average molecular weight is 342 g/mol. The van der Waals surface area contributed by atoms with Crippen molar-refractivity contribution in [1.82, 2.24) is 5.32 Å². The molecule has 0 heterocycles. The Morgan fingerprint density at radius 1 is 1.30 bits per heavy atom. The van der Waals surface area contributed by atoms with E-state index in [9.17, 15) is 9.59 Å². The van der Waals surface area contributed by atoms with Gasteiger partial charge in [0, 0.05) is 16.1 Å². The van der Waals surface area contributed by atoms with Gasteiger partial charge in [-0.25, -0.2) is 0 Å². The largest absolute Gasteiger partial charge is 0.481 e. The summed E-state index contributed by atoms with van der Waals surface area (Å²) in [5.41, 5.74) is 0.616. The number of carboxylic acids is 1. The number of carbonyl (C=O) groups excluding carboxylic acids is 1. The second-order valence-corrected chi connectivity index (χ2v) is 5.97. The maximum atomic E-state index is 12.0. The van der Waals surface area contributed by atoms with E-state index < -0.39 is 5.97 Å². The number of aliphatic carboxylic acids is 1. The van der Waals surface area contributed by atoms with Crippen LogP contribution in [0.25, 0.3) is 0 Å². The first-order valence-electron chi connectivity index (χ1n) is 6.69. The third-order valence-corrected chi connectivity index (χ3v) is 3.65. The number of nitrogens with one attached hydrogen (secondary N) is 1. The standard InChI is InChI=1S/C15H20BrNO3/c1-10(15(19)20)5-3-6-11(2)17-14(18)12-7-4-8-13(16)9-12/h4,7-11H,3,5-6H2,1-2H3,(H,17,18)(H,19,20). The molecule has 0 aromatic heterocycles. The van der Waals surface area contributed by atoms with Crippen LogP contribution in [0.15, 0.2) is 28.7 Å². The molecule has 1 aromatic rings. The van der Waals surface area contributed by atoms with Gasteiger partial charge < -0.3 is 10.4 Å². The van der Waals surface area contributed by atoms with Crippen LogP contribution in [0.1, 0.15) is 43.5 Å². The van der Waals surface area contributed by atoms with Crippen molar-refractivity contribution in [3.63, 3.8) is 0 Å². The lowest BCUT2D eigenvalue weighted by Crippen LogP contribution is -2.32. The smallest absolute Gasteiger partial charge is 0.306 e. The Morgan fingerprint density at radius 3 is 2.60 bits per heavy atom. The molecule has 0 radical (unpaired) electrons. The molecular formula is C15H20BrNO3. The lowest BCUT2D eigenvalue weighted by atomic mass is 10.0. The van der Waals surface area contributed by atoms with E-state index in [1.54, 1.807) is 19.1 Å². The maximum absolute atomic E-state index is 12.0. The minimum Gasteiger partial charge on any atom is -0.481 e. The number of carboxylic acid groups (broad SMARTS) is 1. The number of hydrogen-bond acceptors (Lipinski definition) is 2. The minimum absolute atomic E-state index is 0.0301. The molecule has 2 atom stereocenters. The molecule has 0 aliphatic rings. The molecule has 0 bridgehead atoms. The molecule has 1 rings (SSSR count). The Kier molecular flexibility index (Phi) is 6.71. The van der Waals surface area contributed by atoms with Gasteiger partial charge >= 0.3 is 5.97 Å². The van der Waals surface area contributed by atoms with E-state index in [0.29, 0.717) is 12.0 Å². The van der Waals surface area contributed by atoms with Gasteiger partial charge in [0.15, 0.2) is 0 Å². The van der Waals surface area contributed by atoms with Gasteiger partial charge in [-0.3, -0.25) is 9.59 Å². The predicted octanol–water partition coefficient (Wildman–Crippen LogP) is 3.46. The van der Waals surface area contributed by atoms with Crippen molar-refractivity contribution in [3.05, 3.63) is 34.3 Å². The summed E-state index contributed by atoms with van der Waals surface area (Å²) >= 11 is 3.33. The van der Waals surface area contributed by atoms with Crippen LogP contribution < -0.4 is 5.32 Å². The lowest BCUT2D eigenvalue weighted by Gasteiger charge is -2.14. The van der Waals surface area contributed by atoms with Crippen molar-refractivity contribution in [3.8, 4) is 0 Å². The molecule has 0 saturated carbocycles. The highest BCUT2D eigenvalue weighted by Gasteiger charge is 2.13. The summed E-state index contributed by atoms with van der Waals surface area (Å²) in [5, 5.41) is 11.7. The van der Waals surface area contributed by atoms with Crippen LogP contribution in [-0.4, -0.2) is 23.0 Å². The molecule has 2 unspecified atom stereocenters. The van der Waals surface area contributed by atoms with E-state index in [1.165, 1.54) is 0 Å². The van der Waals surface area contributed by atoms with Crippen LogP contribution in [-0.2, 0) is 4.79 Å². The Labute approximate surface area is 127 Å². The Morgan fingerprint density at radius 2 is 2.00 bits per heavy atom. The van der Waals surface area contributed by atoms with Crippen LogP contribution in [0, 0.1) is 5.92 Å². The molecule has 0 fully saturated rings. The van der Waals surface area contributed by atoms with Crippen molar-refractivity contribution in [2.75, 3.05) is 0 Å². The number of amides is 1. The van der Waals surface area contributed by atoms with Crippen LogP contribution in [0.5, 0.6) is 0 Å². The van der Waals surface area contributed by atoms with Gasteiger partial charge in [0.25, 0.3) is 5.91 Å². The molecule has 20 heavy (non-hydrogen) atoms. The number of carbonyl (C=O) groups is 2. The van der Waals surface area contributed by atoms with E-state index in [1.807, 2.05) is 19.1 Å². The summed E-state index contributed by atoms with van der Waals surface area (Å²) in [6.45, 7) is 3.63. The van der Waals surface area contributed by atoms with Gasteiger partial charge in [-0.2, -0.15) is 0 Å². The topological polar surface area (TPSA) is 66.4 Å². The number of hydrogen-bond donors (Lipinski definition) is 2. The summed E-state index contributed by atoms with van der Waals surface area (Å²) in [6, 6.07) is 7.25. The number of rotatable bonds is 7. The lowest BCUT2D eigenvalue weighted by molar-refractivity contribution is -0.141. The highest BCUT2D eigenvalue weighted by molar-refractivity contribution is 9.10. The summed E-state index contributed by atoms with van der Waals surface area (Å²) in [4.78, 5) is 22.7. The van der Waals surface area contributed by atoms with Crippen LogP contribution >= 0.6 is 15.9 Å². The van der Waals surface area contributed by atoms with Gasteiger partial charge in [-0.05, 0) is 38.0 Å². The zero-order valence-electron chi connectivity index (χ0n) is 11.7. The predicted molar refractivity (Wildman–Crippen MR) is 81.7 cm³/mol. The molecule has 1 aromatic carbocycles. The van der Waals surface area contributed by atoms with Gasteiger partial charge in [0.05, 0.1) is 5.92 Å². The quantitative estimate of drug-likeness (QED) is 0.797. The molecule has 5 heteroatoms. The van der Waals surface area contributed by atoms with E-state index in [0.717, 1.165) is 17.3 Å². The molecule has 0 aliphatic carbocycles. The highest BCUT2D eigenvalue weighted by Crippen LogP contribution is 2.13. The molecule has 110 valence electrons. The molecule has 1 amide bonds. The molecule has 0 spiro atoms. The molecule has 4 nitrogen and oxygen atoms in total. The monoisotopic (exact) mass is 341 g/mol. The summed E-state index contributed by atoms with van der Waals surface area (Å²) in [6.07, 6.45) is 2.19. The molecule has 0 aliphatic heterocycles. The average Bonchev–Trinajstić information content (AvgIpc) is 2.38. The van der Waals surface area contributed by atoms with Gasteiger partial charge in [0.2, 0.25) is 0 Å². The fourth-order valence-electron chi connectivity index (χ4n) is 1.86. The van der Waals surface area contributed by atoms with E-state index in [4.69, 9.17) is 5.11 Å². The molecule has 0 saturated heterocycles. The molecular weight excluding hydrogens is 322 g/mol. The van der Waals surface area contributed by atoms with Crippen LogP contribution in [0.2, 0.25) is 0 Å². The summed E-state index contributed by atoms with van der Waals surface area (Å²) in [7, 11) is 0. The SMILES string of the molecule is CC(CCCC(C)C(=O)O)NC(=O)c1cccc(Br)c1. The molecule has 2 N–H and O–H groups in total. The second kappa shape index (κ2) is 8.04. The third-order valence-electron chi connectivity index (χ3n) is 3.16. The zero-order valence-corrected chi connectivity index (χ0v) is 13.3. The number of benzene rings is 1. The first-order valence-corrected chi connectivity index (χ1v) is 7.48.